The minimum atomic E-state index is 0.367. The van der Waals surface area contributed by atoms with Crippen LogP contribution in [0.1, 0.15) is 15.9 Å². The van der Waals surface area contributed by atoms with Gasteiger partial charge >= 0.3 is 0 Å². The monoisotopic (exact) mass is 246 g/mol. The number of carbonyl (C=O) groups excluding carboxylic acids is 1. The first-order valence-electron chi connectivity index (χ1n) is 5.18. The van der Waals surface area contributed by atoms with Crippen LogP contribution in [0.2, 0.25) is 5.15 Å². The lowest BCUT2D eigenvalue weighted by molar-refractivity contribution is 0.112. The lowest BCUT2D eigenvalue weighted by Crippen LogP contribution is -2.02. The zero-order chi connectivity index (χ0) is 12.1. The van der Waals surface area contributed by atoms with Gasteiger partial charge in [-0.1, -0.05) is 41.9 Å². The van der Waals surface area contributed by atoms with Crippen LogP contribution in [0.15, 0.2) is 42.6 Å². The summed E-state index contributed by atoms with van der Waals surface area (Å²) in [6.07, 6.45) is 2.22. The number of nitrogens with one attached hydrogen (secondary N) is 1. The molecule has 0 saturated carbocycles. The fourth-order valence-corrected chi connectivity index (χ4v) is 1.64. The van der Waals surface area contributed by atoms with Gasteiger partial charge in [0.25, 0.3) is 0 Å². The lowest BCUT2D eigenvalue weighted by Gasteiger charge is -2.08. The van der Waals surface area contributed by atoms with Gasteiger partial charge in [0, 0.05) is 18.4 Å². The molecule has 0 unspecified atom stereocenters. The number of nitrogens with zero attached hydrogens (tertiary/aromatic N) is 1. The SMILES string of the molecule is O=Cc1cnc(Cl)cc1NCc1ccccc1. The second kappa shape index (κ2) is 5.46. The highest BCUT2D eigenvalue weighted by Crippen LogP contribution is 2.17. The molecule has 0 amide bonds. The van der Waals surface area contributed by atoms with E-state index in [4.69, 9.17) is 11.6 Å². The van der Waals surface area contributed by atoms with Gasteiger partial charge in [-0.15, -0.1) is 0 Å². The minimum absolute atomic E-state index is 0.367. The van der Waals surface area contributed by atoms with Crippen molar-refractivity contribution >= 4 is 23.6 Å². The van der Waals surface area contributed by atoms with Crippen LogP contribution < -0.4 is 5.32 Å². The van der Waals surface area contributed by atoms with Gasteiger partial charge in [0.2, 0.25) is 0 Å². The van der Waals surface area contributed by atoms with E-state index in [1.165, 1.54) is 6.20 Å². The number of halogens is 1. The summed E-state index contributed by atoms with van der Waals surface area (Å²) >= 11 is 5.79. The average Bonchev–Trinajstić information content (AvgIpc) is 2.38. The van der Waals surface area contributed by atoms with E-state index in [0.29, 0.717) is 22.9 Å². The number of aldehydes is 1. The molecule has 0 atom stereocenters. The maximum absolute atomic E-state index is 10.8. The zero-order valence-corrected chi connectivity index (χ0v) is 9.82. The zero-order valence-electron chi connectivity index (χ0n) is 9.06. The van der Waals surface area contributed by atoms with Gasteiger partial charge in [-0.3, -0.25) is 4.79 Å². The van der Waals surface area contributed by atoms with Crippen molar-refractivity contribution in [1.82, 2.24) is 4.98 Å². The molecule has 2 rings (SSSR count). The maximum atomic E-state index is 10.8. The van der Waals surface area contributed by atoms with Crippen LogP contribution in [-0.4, -0.2) is 11.3 Å². The number of hydrogen-bond acceptors (Lipinski definition) is 3. The van der Waals surface area contributed by atoms with E-state index >= 15 is 0 Å². The van der Waals surface area contributed by atoms with E-state index in [0.717, 1.165) is 11.8 Å². The first-order chi connectivity index (χ1) is 8.29. The Balaban J connectivity index is 2.13. The van der Waals surface area contributed by atoms with E-state index in [9.17, 15) is 4.79 Å². The van der Waals surface area contributed by atoms with Crippen molar-refractivity contribution in [3.63, 3.8) is 0 Å². The number of rotatable bonds is 4. The molecule has 0 saturated heterocycles. The molecule has 0 aliphatic heterocycles. The van der Waals surface area contributed by atoms with Crippen LogP contribution in [0, 0.1) is 0 Å². The third-order valence-corrected chi connectivity index (χ3v) is 2.56. The normalized spacial score (nSPS) is 9.94. The third-order valence-electron chi connectivity index (χ3n) is 2.35. The Morgan fingerprint density at radius 2 is 2.06 bits per heavy atom. The molecule has 1 aromatic heterocycles. The quantitative estimate of drug-likeness (QED) is 0.666. The highest BCUT2D eigenvalue weighted by Gasteiger charge is 2.03. The minimum Gasteiger partial charge on any atom is -0.380 e. The molecular formula is C13H11ClN2O. The van der Waals surface area contributed by atoms with Crippen molar-refractivity contribution in [3.8, 4) is 0 Å². The predicted octanol–water partition coefficient (Wildman–Crippen LogP) is 3.16. The lowest BCUT2D eigenvalue weighted by atomic mass is 10.2. The molecule has 1 N–H and O–H groups in total. The van der Waals surface area contributed by atoms with Crippen molar-refractivity contribution in [2.75, 3.05) is 5.32 Å². The largest absolute Gasteiger partial charge is 0.380 e. The van der Waals surface area contributed by atoms with Gasteiger partial charge < -0.3 is 5.32 Å². The van der Waals surface area contributed by atoms with Crippen LogP contribution in [0.25, 0.3) is 0 Å². The molecule has 86 valence electrons. The second-order valence-electron chi connectivity index (χ2n) is 3.55. The van der Waals surface area contributed by atoms with Crippen molar-refractivity contribution < 1.29 is 4.79 Å². The van der Waals surface area contributed by atoms with Gasteiger partial charge in [0.05, 0.1) is 5.56 Å². The topological polar surface area (TPSA) is 42.0 Å². The Kier molecular flexibility index (Phi) is 3.73. The standard InChI is InChI=1S/C13H11ClN2O/c14-13-6-12(11(9-17)8-16-13)15-7-10-4-2-1-3-5-10/h1-6,8-9H,7H2,(H,15,16). The van der Waals surface area contributed by atoms with Gasteiger partial charge in [0.1, 0.15) is 5.15 Å². The summed E-state index contributed by atoms with van der Waals surface area (Å²) in [6, 6.07) is 11.6. The van der Waals surface area contributed by atoms with Crippen molar-refractivity contribution in [1.29, 1.82) is 0 Å². The number of carbonyl (C=O) groups is 1. The van der Waals surface area contributed by atoms with Crippen molar-refractivity contribution in [3.05, 3.63) is 58.9 Å². The smallest absolute Gasteiger partial charge is 0.153 e. The molecule has 2 aromatic rings. The highest BCUT2D eigenvalue weighted by molar-refractivity contribution is 6.29. The van der Waals surface area contributed by atoms with Gasteiger partial charge in [0.15, 0.2) is 6.29 Å². The predicted molar refractivity (Wildman–Crippen MR) is 68.4 cm³/mol. The molecule has 1 heterocycles. The van der Waals surface area contributed by atoms with Gasteiger partial charge in [-0.2, -0.15) is 0 Å². The fraction of sp³-hybridized carbons (Fsp3) is 0.0769. The van der Waals surface area contributed by atoms with E-state index in [1.54, 1.807) is 6.07 Å². The van der Waals surface area contributed by atoms with Crippen LogP contribution in [0.4, 0.5) is 5.69 Å². The molecule has 0 fully saturated rings. The molecule has 0 aliphatic rings. The number of pyridine rings is 1. The number of hydrogen-bond donors (Lipinski definition) is 1. The van der Waals surface area contributed by atoms with E-state index in [2.05, 4.69) is 10.3 Å². The molecular weight excluding hydrogens is 236 g/mol. The Bertz CT molecular complexity index is 514. The van der Waals surface area contributed by atoms with Crippen LogP contribution in [-0.2, 0) is 6.54 Å². The first kappa shape index (κ1) is 11.6. The molecule has 1 aromatic carbocycles. The van der Waals surface area contributed by atoms with Crippen LogP contribution >= 0.6 is 11.6 Å². The van der Waals surface area contributed by atoms with E-state index in [1.807, 2.05) is 30.3 Å². The second-order valence-corrected chi connectivity index (χ2v) is 3.94. The summed E-state index contributed by atoms with van der Waals surface area (Å²) in [6.45, 7) is 0.641. The molecule has 0 spiro atoms. The Morgan fingerprint density at radius 1 is 1.29 bits per heavy atom. The van der Waals surface area contributed by atoms with Gasteiger partial charge in [-0.05, 0) is 11.6 Å². The molecule has 0 aliphatic carbocycles. The summed E-state index contributed by atoms with van der Waals surface area (Å²) in [4.78, 5) is 14.7. The first-order valence-corrected chi connectivity index (χ1v) is 5.56. The summed E-state index contributed by atoms with van der Waals surface area (Å²) in [5.41, 5.74) is 2.34. The molecule has 17 heavy (non-hydrogen) atoms. The number of anilines is 1. The number of benzene rings is 1. The van der Waals surface area contributed by atoms with E-state index < -0.39 is 0 Å². The molecule has 0 bridgehead atoms. The average molecular weight is 247 g/mol. The van der Waals surface area contributed by atoms with Gasteiger partial charge in [-0.25, -0.2) is 4.98 Å². The van der Waals surface area contributed by atoms with E-state index in [-0.39, 0.29) is 0 Å². The molecule has 0 radical (unpaired) electrons. The van der Waals surface area contributed by atoms with Crippen LogP contribution in [0.3, 0.4) is 0 Å². The summed E-state index contributed by atoms with van der Waals surface area (Å²) in [5.74, 6) is 0. The maximum Gasteiger partial charge on any atom is 0.153 e. The Labute approximate surface area is 104 Å². The molecule has 4 heteroatoms. The Morgan fingerprint density at radius 3 is 2.76 bits per heavy atom. The number of aromatic nitrogens is 1. The summed E-state index contributed by atoms with van der Waals surface area (Å²) in [5, 5.41) is 3.53. The third kappa shape index (κ3) is 3.04. The van der Waals surface area contributed by atoms with Crippen molar-refractivity contribution in [2.45, 2.75) is 6.54 Å². The molecule has 3 nitrogen and oxygen atoms in total. The Hall–Kier alpha value is -1.87. The fourth-order valence-electron chi connectivity index (χ4n) is 1.48. The summed E-state index contributed by atoms with van der Waals surface area (Å²) < 4.78 is 0. The summed E-state index contributed by atoms with van der Waals surface area (Å²) in [7, 11) is 0. The highest BCUT2D eigenvalue weighted by atomic mass is 35.5. The van der Waals surface area contributed by atoms with Crippen LogP contribution in [0.5, 0.6) is 0 Å². The van der Waals surface area contributed by atoms with Crippen molar-refractivity contribution in [2.24, 2.45) is 0 Å².